The predicted octanol–water partition coefficient (Wildman–Crippen LogP) is 1.80. The molecule has 1 amide bonds. The lowest BCUT2D eigenvalue weighted by atomic mass is 10.1. The Morgan fingerprint density at radius 3 is 2.76 bits per heavy atom. The molecule has 21 heavy (non-hydrogen) atoms. The van der Waals surface area contributed by atoms with Gasteiger partial charge in [-0.3, -0.25) is 4.79 Å². The number of hydrogen-bond donors (Lipinski definition) is 2. The number of benzene rings is 1. The molecule has 6 heteroatoms. The first kappa shape index (κ1) is 17.4. The van der Waals surface area contributed by atoms with E-state index in [0.29, 0.717) is 25.1 Å². The average molecular weight is 299 g/mol. The van der Waals surface area contributed by atoms with Crippen LogP contribution in [0, 0.1) is 5.82 Å². The quantitative estimate of drug-likeness (QED) is 0.718. The van der Waals surface area contributed by atoms with E-state index in [2.05, 4.69) is 5.32 Å². The third-order valence-electron chi connectivity index (χ3n) is 2.92. The van der Waals surface area contributed by atoms with Gasteiger partial charge in [0.15, 0.2) is 6.10 Å². The molecular formula is C15H22FNO4. The van der Waals surface area contributed by atoms with Gasteiger partial charge in [0.05, 0.1) is 6.10 Å². The molecular weight excluding hydrogens is 277 g/mol. The van der Waals surface area contributed by atoms with Crippen LogP contribution in [0.5, 0.6) is 5.75 Å². The Balaban J connectivity index is 2.63. The molecule has 2 N–H and O–H groups in total. The third-order valence-corrected chi connectivity index (χ3v) is 2.92. The van der Waals surface area contributed by atoms with Crippen molar-refractivity contribution >= 4 is 5.91 Å². The number of halogens is 1. The third kappa shape index (κ3) is 5.69. The number of nitrogens with one attached hydrogen (secondary N) is 1. The Labute approximate surface area is 124 Å². The Bertz CT molecular complexity index is 465. The fraction of sp³-hybridized carbons (Fsp3) is 0.533. The Morgan fingerprint density at radius 2 is 2.14 bits per heavy atom. The molecule has 1 aromatic carbocycles. The second-order valence-corrected chi connectivity index (χ2v) is 4.76. The molecule has 1 rings (SSSR count). The number of rotatable bonds is 8. The van der Waals surface area contributed by atoms with E-state index in [1.807, 2.05) is 0 Å². The van der Waals surface area contributed by atoms with Gasteiger partial charge >= 0.3 is 0 Å². The molecule has 0 radical (unpaired) electrons. The largest absolute Gasteiger partial charge is 0.480 e. The summed E-state index contributed by atoms with van der Waals surface area (Å²) in [5, 5.41) is 12.3. The summed E-state index contributed by atoms with van der Waals surface area (Å²) in [6.45, 7) is 4.16. The van der Waals surface area contributed by atoms with E-state index in [4.69, 9.17) is 9.47 Å². The highest BCUT2D eigenvalue weighted by atomic mass is 19.1. The normalized spacial score (nSPS) is 13.6. The van der Waals surface area contributed by atoms with E-state index in [9.17, 15) is 14.3 Å². The van der Waals surface area contributed by atoms with Gasteiger partial charge in [0, 0.05) is 31.9 Å². The SMILES string of the molecule is COCCCNC(=O)C(C)Oc1cc(F)ccc1C(C)O. The zero-order valence-corrected chi connectivity index (χ0v) is 12.6. The molecule has 5 nitrogen and oxygen atoms in total. The average Bonchev–Trinajstić information content (AvgIpc) is 2.43. The highest BCUT2D eigenvalue weighted by molar-refractivity contribution is 5.80. The van der Waals surface area contributed by atoms with E-state index in [-0.39, 0.29) is 11.7 Å². The molecule has 118 valence electrons. The summed E-state index contributed by atoms with van der Waals surface area (Å²) in [5.41, 5.74) is 0.440. The summed E-state index contributed by atoms with van der Waals surface area (Å²) in [6.07, 6.45) is -0.891. The molecule has 0 aliphatic carbocycles. The number of aliphatic hydroxyl groups is 1. The molecule has 0 aliphatic rings. The van der Waals surface area contributed by atoms with Crippen molar-refractivity contribution in [3.63, 3.8) is 0 Å². The lowest BCUT2D eigenvalue weighted by molar-refractivity contribution is -0.127. The monoisotopic (exact) mass is 299 g/mol. The van der Waals surface area contributed by atoms with Crippen molar-refractivity contribution < 1.29 is 23.8 Å². The number of ether oxygens (including phenoxy) is 2. The maximum Gasteiger partial charge on any atom is 0.260 e. The zero-order valence-electron chi connectivity index (χ0n) is 12.6. The van der Waals surface area contributed by atoms with Crippen LogP contribution in [0.2, 0.25) is 0 Å². The van der Waals surface area contributed by atoms with Crippen molar-refractivity contribution in [2.24, 2.45) is 0 Å². The highest BCUT2D eigenvalue weighted by Gasteiger charge is 2.18. The maximum absolute atomic E-state index is 13.3. The minimum Gasteiger partial charge on any atom is -0.480 e. The van der Waals surface area contributed by atoms with E-state index >= 15 is 0 Å². The van der Waals surface area contributed by atoms with E-state index in [0.717, 1.165) is 6.07 Å². The van der Waals surface area contributed by atoms with Gasteiger partial charge in [0.2, 0.25) is 0 Å². The molecule has 0 aromatic heterocycles. The lowest BCUT2D eigenvalue weighted by Crippen LogP contribution is -2.37. The van der Waals surface area contributed by atoms with Crippen molar-refractivity contribution in [1.29, 1.82) is 0 Å². The van der Waals surface area contributed by atoms with Crippen molar-refractivity contribution in [2.75, 3.05) is 20.3 Å². The topological polar surface area (TPSA) is 67.8 Å². The minimum atomic E-state index is -0.808. The van der Waals surface area contributed by atoms with Crippen molar-refractivity contribution in [2.45, 2.75) is 32.5 Å². The fourth-order valence-corrected chi connectivity index (χ4v) is 1.77. The predicted molar refractivity (Wildman–Crippen MR) is 76.6 cm³/mol. The van der Waals surface area contributed by atoms with Gasteiger partial charge in [-0.05, 0) is 32.4 Å². The molecule has 0 spiro atoms. The molecule has 0 aliphatic heterocycles. The summed E-state index contributed by atoms with van der Waals surface area (Å²) in [7, 11) is 1.59. The van der Waals surface area contributed by atoms with Crippen molar-refractivity contribution in [3.8, 4) is 5.75 Å². The number of aliphatic hydroxyl groups excluding tert-OH is 1. The fourth-order valence-electron chi connectivity index (χ4n) is 1.77. The number of carbonyl (C=O) groups excluding carboxylic acids is 1. The first-order valence-electron chi connectivity index (χ1n) is 6.86. The molecule has 2 atom stereocenters. The molecule has 0 saturated heterocycles. The number of amides is 1. The van der Waals surface area contributed by atoms with Gasteiger partial charge in [-0.15, -0.1) is 0 Å². The van der Waals surface area contributed by atoms with Gasteiger partial charge in [-0.1, -0.05) is 0 Å². The molecule has 0 heterocycles. The molecule has 1 aromatic rings. The second kappa shape index (κ2) is 8.59. The second-order valence-electron chi connectivity index (χ2n) is 4.76. The number of carbonyl (C=O) groups is 1. The highest BCUT2D eigenvalue weighted by Crippen LogP contribution is 2.26. The van der Waals surface area contributed by atoms with Crippen LogP contribution in [0.1, 0.15) is 31.9 Å². The van der Waals surface area contributed by atoms with Crippen LogP contribution in [0.3, 0.4) is 0 Å². The Kier molecular flexibility index (Phi) is 7.11. The summed E-state index contributed by atoms with van der Waals surface area (Å²) in [5.74, 6) is -0.612. The number of methoxy groups -OCH3 is 1. The van der Waals surface area contributed by atoms with E-state index < -0.39 is 18.0 Å². The first-order chi connectivity index (χ1) is 9.95. The van der Waals surface area contributed by atoms with E-state index in [1.165, 1.54) is 12.1 Å². The van der Waals surface area contributed by atoms with Crippen LogP contribution in [0.25, 0.3) is 0 Å². The molecule has 2 unspecified atom stereocenters. The van der Waals surface area contributed by atoms with Gasteiger partial charge < -0.3 is 19.9 Å². The molecule has 0 saturated carbocycles. The van der Waals surface area contributed by atoms with Crippen LogP contribution in [-0.2, 0) is 9.53 Å². The van der Waals surface area contributed by atoms with Crippen molar-refractivity contribution in [1.82, 2.24) is 5.32 Å². The Morgan fingerprint density at radius 1 is 1.43 bits per heavy atom. The zero-order chi connectivity index (χ0) is 15.8. The van der Waals surface area contributed by atoms with Gasteiger partial charge in [-0.2, -0.15) is 0 Å². The van der Waals surface area contributed by atoms with Gasteiger partial charge in [0.25, 0.3) is 5.91 Å². The maximum atomic E-state index is 13.3. The summed E-state index contributed by atoms with van der Waals surface area (Å²) < 4.78 is 23.6. The molecule has 0 fully saturated rings. The smallest absolute Gasteiger partial charge is 0.260 e. The van der Waals surface area contributed by atoms with Crippen LogP contribution in [-0.4, -0.2) is 37.4 Å². The van der Waals surface area contributed by atoms with Gasteiger partial charge in [-0.25, -0.2) is 4.39 Å². The minimum absolute atomic E-state index is 0.171. The standard InChI is InChI=1S/C15H22FNO4/c1-10(18)13-6-5-12(16)9-14(13)21-11(2)15(19)17-7-4-8-20-3/h5-6,9-11,18H,4,7-8H2,1-3H3,(H,17,19). The first-order valence-corrected chi connectivity index (χ1v) is 6.86. The summed E-state index contributed by atoms with van der Waals surface area (Å²) >= 11 is 0. The van der Waals surface area contributed by atoms with Crippen LogP contribution >= 0.6 is 0 Å². The van der Waals surface area contributed by atoms with Crippen molar-refractivity contribution in [3.05, 3.63) is 29.6 Å². The molecule has 0 bridgehead atoms. The summed E-state index contributed by atoms with van der Waals surface area (Å²) in [4.78, 5) is 11.8. The van der Waals surface area contributed by atoms with Gasteiger partial charge in [0.1, 0.15) is 11.6 Å². The Hall–Kier alpha value is -1.66. The summed E-state index contributed by atoms with van der Waals surface area (Å²) in [6, 6.07) is 3.85. The van der Waals surface area contributed by atoms with Crippen LogP contribution in [0.4, 0.5) is 4.39 Å². The van der Waals surface area contributed by atoms with E-state index in [1.54, 1.807) is 21.0 Å². The van der Waals surface area contributed by atoms with Crippen LogP contribution in [0.15, 0.2) is 18.2 Å². The van der Waals surface area contributed by atoms with Crippen LogP contribution < -0.4 is 10.1 Å². The lowest BCUT2D eigenvalue weighted by Gasteiger charge is -2.18. The number of hydrogen-bond acceptors (Lipinski definition) is 4.